The van der Waals surface area contributed by atoms with Crippen molar-refractivity contribution in [3.05, 3.63) is 34.4 Å². The van der Waals surface area contributed by atoms with E-state index in [1.54, 1.807) is 29.0 Å². The Morgan fingerprint density at radius 3 is 2.06 bits per heavy atom. The van der Waals surface area contributed by atoms with E-state index in [1.807, 2.05) is 0 Å². The van der Waals surface area contributed by atoms with E-state index in [0.717, 1.165) is 13.8 Å². The molecule has 0 spiro atoms. The number of rotatable bonds is 6. The highest BCUT2D eigenvalue weighted by molar-refractivity contribution is 6.38. The van der Waals surface area contributed by atoms with E-state index in [9.17, 15) is 19.2 Å². The SMILES string of the molecule is CC(=O)OC[C@H]1O[C@@H](n2ccc3c(Cl)cc(Cl)cc32)[C@H](OC(C)=O)[C@@H](OC(C)=O)[C@@H]1OC(C)=O. The normalized spacial score (nSPS) is 24.4. The predicted octanol–water partition coefficient (Wildman–Crippen LogP) is 3.20. The molecule has 5 atom stereocenters. The highest BCUT2D eigenvalue weighted by Gasteiger charge is 2.53. The summed E-state index contributed by atoms with van der Waals surface area (Å²) in [6.45, 7) is 4.37. The summed E-state index contributed by atoms with van der Waals surface area (Å²) in [6, 6.07) is 4.92. The van der Waals surface area contributed by atoms with Gasteiger partial charge < -0.3 is 28.3 Å². The standard InChI is InChI=1S/C22H23Cl2NO9/c1-10(26)30-9-18-19(31-11(2)27)20(32-12(3)28)21(33-13(4)29)22(34-18)25-6-5-15-16(24)7-14(23)8-17(15)25/h5-8,18-22H,9H2,1-4H3/t18-,19-,20+,21-,22-/m1/s1. The lowest BCUT2D eigenvalue weighted by Crippen LogP contribution is -2.60. The zero-order valence-corrected chi connectivity index (χ0v) is 20.3. The van der Waals surface area contributed by atoms with Crippen molar-refractivity contribution in [3.63, 3.8) is 0 Å². The maximum atomic E-state index is 12.0. The zero-order valence-electron chi connectivity index (χ0n) is 18.8. The Hall–Kier alpha value is -2.82. The zero-order chi connectivity index (χ0) is 25.2. The molecule has 1 fully saturated rings. The molecule has 0 unspecified atom stereocenters. The maximum Gasteiger partial charge on any atom is 0.303 e. The molecule has 1 aromatic carbocycles. The number of benzene rings is 1. The maximum absolute atomic E-state index is 12.0. The molecule has 2 aromatic rings. The number of ether oxygens (including phenoxy) is 5. The molecule has 0 amide bonds. The van der Waals surface area contributed by atoms with Crippen molar-refractivity contribution in [2.24, 2.45) is 0 Å². The molecule has 10 nitrogen and oxygen atoms in total. The molecular formula is C22H23Cl2NO9. The van der Waals surface area contributed by atoms with Crippen LogP contribution in [-0.4, -0.2) is 59.5 Å². The van der Waals surface area contributed by atoms with Gasteiger partial charge in [-0.1, -0.05) is 23.2 Å². The van der Waals surface area contributed by atoms with Crippen LogP contribution in [0.2, 0.25) is 10.0 Å². The van der Waals surface area contributed by atoms with Crippen molar-refractivity contribution >= 4 is 58.0 Å². The Morgan fingerprint density at radius 1 is 0.882 bits per heavy atom. The molecule has 0 radical (unpaired) electrons. The summed E-state index contributed by atoms with van der Waals surface area (Å²) in [5, 5.41) is 1.37. The van der Waals surface area contributed by atoms with Crippen molar-refractivity contribution in [2.75, 3.05) is 6.61 Å². The second kappa shape index (κ2) is 10.6. The van der Waals surface area contributed by atoms with Gasteiger partial charge >= 0.3 is 23.9 Å². The Kier molecular flexibility index (Phi) is 8.06. The molecule has 12 heteroatoms. The third-order valence-corrected chi connectivity index (χ3v) is 5.52. The van der Waals surface area contributed by atoms with Crippen LogP contribution in [0.1, 0.15) is 33.9 Å². The minimum Gasteiger partial charge on any atom is -0.463 e. The average Bonchev–Trinajstić information content (AvgIpc) is 3.12. The molecule has 1 aliphatic rings. The molecule has 1 aromatic heterocycles. The molecule has 184 valence electrons. The van der Waals surface area contributed by atoms with E-state index < -0.39 is 54.5 Å². The summed E-state index contributed by atoms with van der Waals surface area (Å²) in [5.41, 5.74) is 0.540. The fraction of sp³-hybridized carbons (Fsp3) is 0.455. The summed E-state index contributed by atoms with van der Waals surface area (Å²) in [5.74, 6) is -2.71. The summed E-state index contributed by atoms with van der Waals surface area (Å²) < 4.78 is 29.2. The van der Waals surface area contributed by atoms with Crippen LogP contribution in [0.3, 0.4) is 0 Å². The van der Waals surface area contributed by atoms with E-state index in [2.05, 4.69) is 0 Å². The molecule has 0 N–H and O–H groups in total. The number of nitrogens with zero attached hydrogens (tertiary/aromatic N) is 1. The summed E-state index contributed by atoms with van der Waals surface area (Å²) in [4.78, 5) is 47.3. The van der Waals surface area contributed by atoms with Crippen LogP contribution >= 0.6 is 23.2 Å². The predicted molar refractivity (Wildman–Crippen MR) is 119 cm³/mol. The first-order valence-electron chi connectivity index (χ1n) is 10.2. The van der Waals surface area contributed by atoms with Gasteiger partial charge in [0.1, 0.15) is 12.7 Å². The topological polar surface area (TPSA) is 119 Å². The number of carbonyl (C=O) groups is 4. The third kappa shape index (κ3) is 5.81. The second-order valence-electron chi connectivity index (χ2n) is 7.63. The Morgan fingerprint density at radius 2 is 1.47 bits per heavy atom. The van der Waals surface area contributed by atoms with Gasteiger partial charge in [0.05, 0.1) is 10.5 Å². The van der Waals surface area contributed by atoms with Gasteiger partial charge in [-0.2, -0.15) is 0 Å². The number of aromatic nitrogens is 1. The van der Waals surface area contributed by atoms with Gasteiger partial charge in [-0.25, -0.2) is 0 Å². The van der Waals surface area contributed by atoms with Crippen molar-refractivity contribution in [3.8, 4) is 0 Å². The van der Waals surface area contributed by atoms with Crippen molar-refractivity contribution in [2.45, 2.75) is 58.3 Å². The Bertz CT molecular complexity index is 1120. The van der Waals surface area contributed by atoms with Gasteiger partial charge in [-0.15, -0.1) is 0 Å². The van der Waals surface area contributed by atoms with E-state index in [1.165, 1.54) is 13.8 Å². The molecule has 3 rings (SSSR count). The number of fused-ring (bicyclic) bond motifs is 1. The number of halogens is 2. The molecular weight excluding hydrogens is 493 g/mol. The van der Waals surface area contributed by atoms with E-state index >= 15 is 0 Å². The monoisotopic (exact) mass is 515 g/mol. The smallest absolute Gasteiger partial charge is 0.303 e. The molecule has 1 aliphatic heterocycles. The fourth-order valence-corrected chi connectivity index (χ4v) is 4.38. The third-order valence-electron chi connectivity index (χ3n) is 4.99. The van der Waals surface area contributed by atoms with E-state index in [0.29, 0.717) is 20.9 Å². The minimum absolute atomic E-state index is 0.324. The van der Waals surface area contributed by atoms with Gasteiger partial charge in [-0.05, 0) is 18.2 Å². The Balaban J connectivity index is 2.16. The van der Waals surface area contributed by atoms with Crippen LogP contribution in [0.4, 0.5) is 0 Å². The van der Waals surface area contributed by atoms with Gasteiger partial charge in [0.2, 0.25) is 0 Å². The van der Waals surface area contributed by atoms with Crippen LogP contribution in [0.5, 0.6) is 0 Å². The van der Waals surface area contributed by atoms with Gasteiger partial charge in [-0.3, -0.25) is 19.2 Å². The quantitative estimate of drug-likeness (QED) is 0.421. The molecule has 0 aliphatic carbocycles. The highest BCUT2D eigenvalue weighted by atomic mass is 35.5. The molecule has 34 heavy (non-hydrogen) atoms. The molecule has 2 heterocycles. The largest absolute Gasteiger partial charge is 0.463 e. The van der Waals surface area contributed by atoms with Crippen LogP contribution < -0.4 is 0 Å². The first-order valence-corrected chi connectivity index (χ1v) is 11.0. The average molecular weight is 516 g/mol. The van der Waals surface area contributed by atoms with Crippen LogP contribution in [0.25, 0.3) is 10.9 Å². The van der Waals surface area contributed by atoms with E-state index in [4.69, 9.17) is 46.9 Å². The van der Waals surface area contributed by atoms with E-state index in [-0.39, 0.29) is 6.61 Å². The highest BCUT2D eigenvalue weighted by Crippen LogP contribution is 2.38. The van der Waals surface area contributed by atoms with Gasteiger partial charge in [0, 0.05) is 44.3 Å². The fourth-order valence-electron chi connectivity index (χ4n) is 3.84. The van der Waals surface area contributed by atoms with Crippen LogP contribution in [0.15, 0.2) is 24.4 Å². The number of carbonyl (C=O) groups excluding carboxylic acids is 4. The molecule has 0 saturated carbocycles. The van der Waals surface area contributed by atoms with Crippen molar-refractivity contribution in [1.82, 2.24) is 4.57 Å². The first kappa shape index (κ1) is 25.8. The van der Waals surface area contributed by atoms with Crippen molar-refractivity contribution in [1.29, 1.82) is 0 Å². The molecule has 0 bridgehead atoms. The lowest BCUT2D eigenvalue weighted by molar-refractivity contribution is -0.267. The van der Waals surface area contributed by atoms with Gasteiger partial charge in [0.25, 0.3) is 0 Å². The van der Waals surface area contributed by atoms with Gasteiger partial charge in [0.15, 0.2) is 24.5 Å². The Labute approximate surface area is 204 Å². The molecule has 1 saturated heterocycles. The summed E-state index contributed by atoms with van der Waals surface area (Å²) in [6.07, 6.45) is -4.29. The number of esters is 4. The van der Waals surface area contributed by atoms with Crippen LogP contribution in [-0.2, 0) is 42.9 Å². The van der Waals surface area contributed by atoms with Crippen molar-refractivity contribution < 1.29 is 42.9 Å². The lowest BCUT2D eigenvalue weighted by Gasteiger charge is -2.44. The lowest BCUT2D eigenvalue weighted by atomic mass is 9.97. The number of hydrogen-bond donors (Lipinski definition) is 0. The summed E-state index contributed by atoms with van der Waals surface area (Å²) in [7, 11) is 0. The van der Waals surface area contributed by atoms with Crippen LogP contribution in [0, 0.1) is 0 Å². The second-order valence-corrected chi connectivity index (χ2v) is 8.48. The first-order chi connectivity index (χ1) is 16.0. The minimum atomic E-state index is -1.28. The number of hydrogen-bond acceptors (Lipinski definition) is 9. The summed E-state index contributed by atoms with van der Waals surface area (Å²) >= 11 is 12.5.